The highest BCUT2D eigenvalue weighted by Crippen LogP contribution is 2.26. The zero-order valence-corrected chi connectivity index (χ0v) is 18.9. The van der Waals surface area contributed by atoms with Crippen LogP contribution >= 0.6 is 11.3 Å². The number of morpholine rings is 1. The molecule has 0 radical (unpaired) electrons. The van der Waals surface area contributed by atoms with E-state index in [-0.39, 0.29) is 30.2 Å². The number of hydrogen-bond donors (Lipinski definition) is 1. The van der Waals surface area contributed by atoms with Crippen molar-refractivity contribution in [1.82, 2.24) is 20.0 Å². The summed E-state index contributed by atoms with van der Waals surface area (Å²) in [6.07, 6.45) is 0. The number of nitrogens with one attached hydrogen (secondary N) is 1. The van der Waals surface area contributed by atoms with Crippen molar-refractivity contribution in [2.45, 2.75) is 6.04 Å². The van der Waals surface area contributed by atoms with Gasteiger partial charge in [0.2, 0.25) is 11.8 Å². The Kier molecular flexibility index (Phi) is 7.85. The third kappa shape index (κ3) is 5.92. The summed E-state index contributed by atoms with van der Waals surface area (Å²) in [5, 5.41) is 5.34. The smallest absolute Gasteiger partial charge is 0.236 e. The number of carbonyl (C=O) groups is 2. The zero-order valence-electron chi connectivity index (χ0n) is 18.0. The monoisotopic (exact) mass is 460 g/mol. The van der Waals surface area contributed by atoms with Gasteiger partial charge in [0.05, 0.1) is 32.3 Å². The molecule has 32 heavy (non-hydrogen) atoms. The van der Waals surface area contributed by atoms with Gasteiger partial charge in [0.15, 0.2) is 0 Å². The Morgan fingerprint density at radius 3 is 2.31 bits per heavy atom. The first-order valence-electron chi connectivity index (χ1n) is 11.0. The van der Waals surface area contributed by atoms with Gasteiger partial charge in [-0.2, -0.15) is 0 Å². The van der Waals surface area contributed by atoms with Crippen molar-refractivity contribution in [2.75, 3.05) is 65.6 Å². The third-order valence-corrected chi connectivity index (χ3v) is 6.87. The van der Waals surface area contributed by atoms with Crippen LogP contribution in [0.5, 0.6) is 0 Å². The van der Waals surface area contributed by atoms with Crippen molar-refractivity contribution >= 4 is 23.2 Å². The average molecular weight is 461 g/mol. The molecule has 0 aliphatic carbocycles. The van der Waals surface area contributed by atoms with Crippen molar-refractivity contribution in [3.8, 4) is 0 Å². The van der Waals surface area contributed by atoms with Gasteiger partial charge in [-0.1, -0.05) is 18.2 Å². The van der Waals surface area contributed by atoms with E-state index in [1.807, 2.05) is 27.3 Å². The largest absolute Gasteiger partial charge is 0.378 e. The van der Waals surface area contributed by atoms with Gasteiger partial charge in [0.1, 0.15) is 5.82 Å². The Morgan fingerprint density at radius 2 is 1.66 bits per heavy atom. The normalized spacial score (nSPS) is 18.5. The number of rotatable bonds is 7. The lowest BCUT2D eigenvalue weighted by atomic mass is 10.1. The maximum Gasteiger partial charge on any atom is 0.236 e. The van der Waals surface area contributed by atoms with E-state index in [4.69, 9.17) is 4.74 Å². The average Bonchev–Trinajstić information content (AvgIpc) is 3.36. The molecule has 4 rings (SSSR count). The van der Waals surface area contributed by atoms with Gasteiger partial charge in [-0.15, -0.1) is 11.3 Å². The van der Waals surface area contributed by atoms with Gasteiger partial charge >= 0.3 is 0 Å². The van der Waals surface area contributed by atoms with Crippen LogP contribution in [0.15, 0.2) is 41.8 Å². The van der Waals surface area contributed by atoms with Crippen molar-refractivity contribution in [2.24, 2.45) is 0 Å². The molecule has 1 unspecified atom stereocenters. The fourth-order valence-electron chi connectivity index (χ4n) is 4.05. The van der Waals surface area contributed by atoms with Crippen LogP contribution in [0.3, 0.4) is 0 Å². The molecule has 0 saturated carbocycles. The Morgan fingerprint density at radius 1 is 0.969 bits per heavy atom. The first kappa shape index (κ1) is 22.8. The lowest BCUT2D eigenvalue weighted by Gasteiger charge is -2.36. The standard InChI is InChI=1S/C23H29FN4O3S/c24-19-5-3-18(4-6-19)23(20-2-1-15-32-20)25-16-21(29)27-9-7-26(8-10-27)17-22(30)28-11-13-31-14-12-28/h1-6,15,23,25H,7-14,16-17H2. The number of amides is 2. The summed E-state index contributed by atoms with van der Waals surface area (Å²) >= 11 is 1.60. The first-order valence-corrected chi connectivity index (χ1v) is 11.9. The van der Waals surface area contributed by atoms with Crippen LogP contribution in [-0.2, 0) is 14.3 Å². The summed E-state index contributed by atoms with van der Waals surface area (Å²) in [6.45, 7) is 5.70. The fraction of sp³-hybridized carbons (Fsp3) is 0.478. The number of piperazine rings is 1. The maximum absolute atomic E-state index is 13.4. The Hall–Kier alpha value is -2.33. The Bertz CT molecular complexity index is 879. The zero-order chi connectivity index (χ0) is 22.3. The summed E-state index contributed by atoms with van der Waals surface area (Å²) < 4.78 is 18.7. The van der Waals surface area contributed by atoms with Crippen molar-refractivity contribution < 1.29 is 18.7 Å². The molecule has 0 bridgehead atoms. The Labute approximate surface area is 191 Å². The molecule has 2 aromatic rings. The van der Waals surface area contributed by atoms with Crippen LogP contribution in [0.1, 0.15) is 16.5 Å². The van der Waals surface area contributed by atoms with Gasteiger partial charge < -0.3 is 14.5 Å². The van der Waals surface area contributed by atoms with E-state index >= 15 is 0 Å². The number of benzene rings is 1. The molecule has 1 N–H and O–H groups in total. The molecule has 2 saturated heterocycles. The molecule has 2 aliphatic heterocycles. The van der Waals surface area contributed by atoms with Gasteiger partial charge in [-0.05, 0) is 29.1 Å². The number of nitrogens with zero attached hydrogens (tertiary/aromatic N) is 3. The predicted octanol–water partition coefficient (Wildman–Crippen LogP) is 1.57. The number of halogens is 1. The summed E-state index contributed by atoms with van der Waals surface area (Å²) in [5.41, 5.74) is 0.924. The summed E-state index contributed by atoms with van der Waals surface area (Å²) in [5.74, 6) is -0.111. The topological polar surface area (TPSA) is 65.1 Å². The SMILES string of the molecule is O=C(CNC(c1ccc(F)cc1)c1cccs1)N1CCN(CC(=O)N2CCOCC2)CC1. The maximum atomic E-state index is 13.4. The predicted molar refractivity (Wildman–Crippen MR) is 121 cm³/mol. The lowest BCUT2D eigenvalue weighted by molar-refractivity contribution is -0.137. The van der Waals surface area contributed by atoms with Gasteiger partial charge in [-0.25, -0.2) is 4.39 Å². The van der Waals surface area contributed by atoms with E-state index < -0.39 is 0 Å². The molecule has 2 aliphatic rings. The van der Waals surface area contributed by atoms with Crippen LogP contribution in [0.2, 0.25) is 0 Å². The summed E-state index contributed by atoms with van der Waals surface area (Å²) in [6, 6.07) is 10.2. The minimum Gasteiger partial charge on any atom is -0.378 e. The van der Waals surface area contributed by atoms with Gasteiger partial charge in [0, 0.05) is 44.1 Å². The molecular weight excluding hydrogens is 431 g/mol. The second-order valence-electron chi connectivity index (χ2n) is 8.03. The van der Waals surface area contributed by atoms with E-state index in [1.54, 1.807) is 23.5 Å². The van der Waals surface area contributed by atoms with Crippen molar-refractivity contribution in [3.05, 3.63) is 58.0 Å². The molecule has 1 atom stereocenters. The number of thiophene rings is 1. The molecule has 3 heterocycles. The van der Waals surface area contributed by atoms with Crippen LogP contribution in [0.4, 0.5) is 4.39 Å². The van der Waals surface area contributed by atoms with E-state index in [0.29, 0.717) is 59.0 Å². The molecule has 172 valence electrons. The molecule has 1 aromatic heterocycles. The number of ether oxygens (including phenoxy) is 1. The Balaban J connectivity index is 1.26. The lowest BCUT2D eigenvalue weighted by Crippen LogP contribution is -2.53. The summed E-state index contributed by atoms with van der Waals surface area (Å²) in [7, 11) is 0. The highest BCUT2D eigenvalue weighted by Gasteiger charge is 2.25. The van der Waals surface area contributed by atoms with Crippen LogP contribution in [0, 0.1) is 5.82 Å². The van der Waals surface area contributed by atoms with Crippen LogP contribution < -0.4 is 5.32 Å². The van der Waals surface area contributed by atoms with Crippen LogP contribution in [-0.4, -0.2) is 92.1 Å². The van der Waals surface area contributed by atoms with Crippen LogP contribution in [0.25, 0.3) is 0 Å². The molecule has 0 spiro atoms. The van der Waals surface area contributed by atoms with E-state index in [9.17, 15) is 14.0 Å². The van der Waals surface area contributed by atoms with E-state index in [1.165, 1.54) is 12.1 Å². The molecule has 2 fully saturated rings. The molecule has 9 heteroatoms. The van der Waals surface area contributed by atoms with E-state index in [0.717, 1.165) is 10.4 Å². The second-order valence-corrected chi connectivity index (χ2v) is 9.01. The van der Waals surface area contributed by atoms with Crippen molar-refractivity contribution in [3.63, 3.8) is 0 Å². The second kappa shape index (κ2) is 11.0. The van der Waals surface area contributed by atoms with Gasteiger partial charge in [0.25, 0.3) is 0 Å². The molecule has 1 aromatic carbocycles. The fourth-order valence-corrected chi connectivity index (χ4v) is 4.88. The number of hydrogen-bond acceptors (Lipinski definition) is 6. The van der Waals surface area contributed by atoms with Gasteiger partial charge in [-0.3, -0.25) is 19.8 Å². The molecular formula is C23H29FN4O3S. The molecule has 7 nitrogen and oxygen atoms in total. The van der Waals surface area contributed by atoms with Crippen molar-refractivity contribution in [1.29, 1.82) is 0 Å². The highest BCUT2D eigenvalue weighted by molar-refractivity contribution is 7.10. The summed E-state index contributed by atoms with van der Waals surface area (Å²) in [4.78, 5) is 32.2. The third-order valence-electron chi connectivity index (χ3n) is 5.94. The quantitative estimate of drug-likeness (QED) is 0.680. The highest BCUT2D eigenvalue weighted by atomic mass is 32.1. The molecule has 2 amide bonds. The van der Waals surface area contributed by atoms with E-state index in [2.05, 4.69) is 10.2 Å². The first-order chi connectivity index (χ1) is 15.6. The minimum absolute atomic E-state index is 0.0350. The number of carbonyl (C=O) groups excluding carboxylic acids is 2. The minimum atomic E-state index is -0.278.